The summed E-state index contributed by atoms with van der Waals surface area (Å²) in [4.78, 5) is 27.7. The van der Waals surface area contributed by atoms with Gasteiger partial charge in [-0.25, -0.2) is 0 Å². The molecule has 1 atom stereocenters. The molecule has 0 aromatic heterocycles. The van der Waals surface area contributed by atoms with Gasteiger partial charge in [0.25, 0.3) is 5.91 Å². The summed E-state index contributed by atoms with van der Waals surface area (Å²) in [6, 6.07) is 13.2. The highest BCUT2D eigenvalue weighted by atomic mass is 16.5. The van der Waals surface area contributed by atoms with Crippen LogP contribution in [0.1, 0.15) is 49.4 Å². The zero-order valence-electron chi connectivity index (χ0n) is 19.0. The van der Waals surface area contributed by atoms with Crippen LogP contribution in [-0.2, 0) is 16.1 Å². The van der Waals surface area contributed by atoms with E-state index in [4.69, 9.17) is 4.74 Å². The first-order chi connectivity index (χ1) is 14.2. The summed E-state index contributed by atoms with van der Waals surface area (Å²) in [5.41, 5.74) is 4.23. The van der Waals surface area contributed by atoms with Gasteiger partial charge in [-0.15, -0.1) is 0 Å². The minimum atomic E-state index is -0.554. The van der Waals surface area contributed by atoms with Gasteiger partial charge in [-0.3, -0.25) is 9.59 Å². The zero-order valence-corrected chi connectivity index (χ0v) is 19.0. The average Bonchev–Trinajstić information content (AvgIpc) is 2.69. The molecule has 2 aromatic rings. The number of carbonyl (C=O) groups excluding carboxylic acids is 2. The van der Waals surface area contributed by atoms with Crippen molar-refractivity contribution in [3.8, 4) is 5.75 Å². The highest BCUT2D eigenvalue weighted by Gasteiger charge is 2.29. The number of ether oxygens (including phenoxy) is 1. The van der Waals surface area contributed by atoms with Crippen LogP contribution in [0.25, 0.3) is 0 Å². The first-order valence-electron chi connectivity index (χ1n) is 10.6. The maximum absolute atomic E-state index is 13.2. The number of nitrogens with zero attached hydrogens (tertiary/aromatic N) is 1. The minimum absolute atomic E-state index is 0.00755. The number of hydrogen-bond donors (Lipinski definition) is 1. The molecular weight excluding hydrogens is 376 g/mol. The van der Waals surface area contributed by atoms with Crippen molar-refractivity contribution < 1.29 is 14.3 Å². The summed E-state index contributed by atoms with van der Waals surface area (Å²) in [6.07, 6.45) is 0.527. The monoisotopic (exact) mass is 410 g/mol. The molecule has 0 saturated heterocycles. The van der Waals surface area contributed by atoms with E-state index < -0.39 is 6.04 Å². The molecule has 0 heterocycles. The van der Waals surface area contributed by atoms with Crippen LogP contribution in [0.2, 0.25) is 0 Å². The van der Waals surface area contributed by atoms with Gasteiger partial charge in [-0.1, -0.05) is 43.3 Å². The molecule has 162 valence electrons. The molecule has 2 amide bonds. The van der Waals surface area contributed by atoms with Crippen molar-refractivity contribution in [3.05, 3.63) is 64.7 Å². The largest absolute Gasteiger partial charge is 0.483 e. The quantitative estimate of drug-likeness (QED) is 0.670. The summed E-state index contributed by atoms with van der Waals surface area (Å²) in [5, 5.41) is 2.95. The van der Waals surface area contributed by atoms with Crippen molar-refractivity contribution in [1.82, 2.24) is 10.2 Å². The van der Waals surface area contributed by atoms with Crippen molar-refractivity contribution in [1.29, 1.82) is 0 Å². The number of benzene rings is 2. The maximum atomic E-state index is 13.2. The topological polar surface area (TPSA) is 58.6 Å². The lowest BCUT2D eigenvalue weighted by molar-refractivity contribution is -0.143. The Morgan fingerprint density at radius 3 is 2.30 bits per heavy atom. The van der Waals surface area contributed by atoms with Gasteiger partial charge in [0, 0.05) is 12.6 Å². The van der Waals surface area contributed by atoms with Gasteiger partial charge in [-0.05, 0) is 69.4 Å². The maximum Gasteiger partial charge on any atom is 0.261 e. The predicted octanol–water partition coefficient (Wildman–Crippen LogP) is 4.32. The Balaban J connectivity index is 2.26. The molecule has 1 N–H and O–H groups in total. The van der Waals surface area contributed by atoms with E-state index in [1.165, 1.54) is 0 Å². The third-order valence-electron chi connectivity index (χ3n) is 5.32. The summed E-state index contributed by atoms with van der Waals surface area (Å²) in [6.45, 7) is 12.0. The molecule has 0 aliphatic carbocycles. The van der Waals surface area contributed by atoms with Crippen molar-refractivity contribution in [2.24, 2.45) is 0 Å². The van der Waals surface area contributed by atoms with Crippen LogP contribution in [0.4, 0.5) is 0 Å². The number of carbonyl (C=O) groups is 2. The normalized spacial score (nSPS) is 11.8. The third-order valence-corrected chi connectivity index (χ3v) is 5.32. The molecule has 30 heavy (non-hydrogen) atoms. The SMILES string of the molecule is CCC(C(=O)NC(C)C)N(Cc1ccccc1C)C(=O)COc1cccc(C)c1C. The summed E-state index contributed by atoms with van der Waals surface area (Å²) < 4.78 is 5.86. The first-order valence-corrected chi connectivity index (χ1v) is 10.6. The molecule has 5 heteroatoms. The average molecular weight is 411 g/mol. The van der Waals surface area contributed by atoms with Gasteiger partial charge in [0.15, 0.2) is 6.61 Å². The van der Waals surface area contributed by atoms with Gasteiger partial charge in [0.2, 0.25) is 5.91 Å². The lowest BCUT2D eigenvalue weighted by atomic mass is 10.1. The number of amides is 2. The summed E-state index contributed by atoms with van der Waals surface area (Å²) in [5.74, 6) is 0.352. The number of nitrogens with one attached hydrogen (secondary N) is 1. The molecule has 0 fully saturated rings. The predicted molar refractivity (Wildman–Crippen MR) is 120 cm³/mol. The van der Waals surface area contributed by atoms with E-state index in [0.717, 1.165) is 22.3 Å². The third kappa shape index (κ3) is 6.09. The highest BCUT2D eigenvalue weighted by molar-refractivity contribution is 5.88. The van der Waals surface area contributed by atoms with Crippen LogP contribution >= 0.6 is 0 Å². The molecule has 0 radical (unpaired) electrons. The second kappa shape index (κ2) is 10.8. The minimum Gasteiger partial charge on any atom is -0.483 e. The van der Waals surface area contributed by atoms with E-state index in [1.807, 2.05) is 84.0 Å². The molecule has 5 nitrogen and oxygen atoms in total. The Morgan fingerprint density at radius 1 is 1.00 bits per heavy atom. The molecule has 0 spiro atoms. The Hall–Kier alpha value is -2.82. The Morgan fingerprint density at radius 2 is 1.67 bits per heavy atom. The number of hydrogen-bond acceptors (Lipinski definition) is 3. The second-order valence-electron chi connectivity index (χ2n) is 8.02. The second-order valence-corrected chi connectivity index (χ2v) is 8.02. The van der Waals surface area contributed by atoms with Crippen LogP contribution in [0.5, 0.6) is 5.75 Å². The van der Waals surface area contributed by atoms with E-state index in [9.17, 15) is 9.59 Å². The van der Waals surface area contributed by atoms with E-state index in [2.05, 4.69) is 5.32 Å². The van der Waals surface area contributed by atoms with E-state index in [0.29, 0.717) is 18.7 Å². The van der Waals surface area contributed by atoms with Crippen molar-refractivity contribution in [3.63, 3.8) is 0 Å². The molecular formula is C25H34N2O3. The van der Waals surface area contributed by atoms with Crippen LogP contribution < -0.4 is 10.1 Å². The first kappa shape index (κ1) is 23.5. The van der Waals surface area contributed by atoms with Crippen molar-refractivity contribution >= 4 is 11.8 Å². The number of aryl methyl sites for hydroxylation is 2. The Bertz CT molecular complexity index is 876. The molecule has 1 unspecified atom stereocenters. The zero-order chi connectivity index (χ0) is 22.3. The van der Waals surface area contributed by atoms with Crippen LogP contribution in [0.3, 0.4) is 0 Å². The Kier molecular flexibility index (Phi) is 8.46. The molecule has 0 aliphatic heterocycles. The van der Waals surface area contributed by atoms with Gasteiger partial charge in [0.1, 0.15) is 11.8 Å². The van der Waals surface area contributed by atoms with E-state index in [1.54, 1.807) is 4.90 Å². The smallest absolute Gasteiger partial charge is 0.261 e. The van der Waals surface area contributed by atoms with Gasteiger partial charge >= 0.3 is 0 Å². The fourth-order valence-electron chi connectivity index (χ4n) is 3.37. The van der Waals surface area contributed by atoms with Gasteiger partial charge in [-0.2, -0.15) is 0 Å². The van der Waals surface area contributed by atoms with E-state index >= 15 is 0 Å². The van der Waals surface area contributed by atoms with Crippen LogP contribution in [0, 0.1) is 20.8 Å². The molecule has 0 aliphatic rings. The summed E-state index contributed by atoms with van der Waals surface area (Å²) in [7, 11) is 0. The van der Waals surface area contributed by atoms with E-state index in [-0.39, 0.29) is 24.5 Å². The van der Waals surface area contributed by atoms with Crippen molar-refractivity contribution in [2.45, 2.75) is 66.6 Å². The molecule has 0 saturated carbocycles. The molecule has 0 bridgehead atoms. The fourth-order valence-corrected chi connectivity index (χ4v) is 3.37. The fraction of sp³-hybridized carbons (Fsp3) is 0.440. The highest BCUT2D eigenvalue weighted by Crippen LogP contribution is 2.21. The summed E-state index contributed by atoms with van der Waals surface area (Å²) >= 11 is 0. The van der Waals surface area contributed by atoms with Crippen LogP contribution in [0.15, 0.2) is 42.5 Å². The van der Waals surface area contributed by atoms with Crippen LogP contribution in [-0.4, -0.2) is 35.4 Å². The molecule has 2 aromatic carbocycles. The number of rotatable bonds is 9. The lowest BCUT2D eigenvalue weighted by Crippen LogP contribution is -2.51. The molecule has 2 rings (SSSR count). The standard InChI is InChI=1S/C25H34N2O3/c1-7-22(25(29)26-17(2)3)27(15-21-13-9-8-11-19(21)5)24(28)16-30-23-14-10-12-18(4)20(23)6/h8-14,17,22H,7,15-16H2,1-6H3,(H,26,29). The van der Waals surface area contributed by atoms with Gasteiger partial charge < -0.3 is 15.0 Å². The lowest BCUT2D eigenvalue weighted by Gasteiger charge is -2.31. The van der Waals surface area contributed by atoms with Crippen molar-refractivity contribution in [2.75, 3.05) is 6.61 Å². The van der Waals surface area contributed by atoms with Gasteiger partial charge in [0.05, 0.1) is 0 Å². The Labute approximate surface area is 180 Å².